The molecular weight excluding hydrogens is 366 g/mol. The van der Waals surface area contributed by atoms with E-state index in [2.05, 4.69) is 46.6 Å². The van der Waals surface area contributed by atoms with E-state index in [-0.39, 0.29) is 18.2 Å². The summed E-state index contributed by atoms with van der Waals surface area (Å²) < 4.78 is 7.43. The van der Waals surface area contributed by atoms with Crippen LogP contribution in [0.5, 0.6) is 0 Å². The lowest BCUT2D eigenvalue weighted by molar-refractivity contribution is 0.00553. The molecule has 0 saturated carbocycles. The number of likely N-dealkylation sites (tertiary alicyclic amines) is 1. The van der Waals surface area contributed by atoms with Crippen LogP contribution in [0.25, 0.3) is 0 Å². The van der Waals surface area contributed by atoms with Crippen molar-refractivity contribution in [1.82, 2.24) is 25.0 Å². The SMILES string of the molecule is C[C@H](NCc1ccc(Cn2cncn2)cc1)[C@@H]1CCCCN1C(=O)OC(C)(C)C. The van der Waals surface area contributed by atoms with Crippen molar-refractivity contribution in [1.29, 1.82) is 0 Å². The fourth-order valence-electron chi connectivity index (χ4n) is 3.70. The molecule has 1 saturated heterocycles. The molecule has 7 heteroatoms. The number of aromatic nitrogens is 3. The Kier molecular flexibility index (Phi) is 6.90. The van der Waals surface area contributed by atoms with Crippen LogP contribution in [-0.2, 0) is 17.8 Å². The number of benzene rings is 1. The van der Waals surface area contributed by atoms with E-state index in [0.29, 0.717) is 0 Å². The summed E-state index contributed by atoms with van der Waals surface area (Å²) in [4.78, 5) is 18.5. The smallest absolute Gasteiger partial charge is 0.410 e. The molecule has 0 spiro atoms. The second kappa shape index (κ2) is 9.39. The predicted molar refractivity (Wildman–Crippen MR) is 112 cm³/mol. The maximum absolute atomic E-state index is 12.6. The van der Waals surface area contributed by atoms with Gasteiger partial charge in [-0.25, -0.2) is 14.5 Å². The summed E-state index contributed by atoms with van der Waals surface area (Å²) in [6.07, 6.45) is 6.25. The first-order valence-electron chi connectivity index (χ1n) is 10.4. The van der Waals surface area contributed by atoms with Crippen molar-refractivity contribution in [3.63, 3.8) is 0 Å². The second-order valence-electron chi connectivity index (χ2n) is 8.82. The lowest BCUT2D eigenvalue weighted by Crippen LogP contribution is -2.54. The maximum atomic E-state index is 12.6. The second-order valence-corrected chi connectivity index (χ2v) is 8.82. The number of nitrogens with one attached hydrogen (secondary N) is 1. The highest BCUT2D eigenvalue weighted by Gasteiger charge is 2.33. The largest absolute Gasteiger partial charge is 0.444 e. The summed E-state index contributed by atoms with van der Waals surface area (Å²) in [5, 5.41) is 7.74. The van der Waals surface area contributed by atoms with Gasteiger partial charge in [-0.15, -0.1) is 0 Å². The van der Waals surface area contributed by atoms with Crippen molar-refractivity contribution in [2.75, 3.05) is 6.54 Å². The third-order valence-corrected chi connectivity index (χ3v) is 5.22. The van der Waals surface area contributed by atoms with E-state index < -0.39 is 5.60 Å². The van der Waals surface area contributed by atoms with Gasteiger partial charge in [0.25, 0.3) is 0 Å². The Morgan fingerprint density at radius 2 is 1.97 bits per heavy atom. The topological polar surface area (TPSA) is 72.3 Å². The van der Waals surface area contributed by atoms with Crippen LogP contribution in [0, 0.1) is 0 Å². The number of amides is 1. The van der Waals surface area contributed by atoms with Crippen LogP contribution in [0.1, 0.15) is 58.1 Å². The van der Waals surface area contributed by atoms with Crippen molar-refractivity contribution in [2.45, 2.75) is 77.7 Å². The molecule has 7 nitrogen and oxygen atoms in total. The Hall–Kier alpha value is -2.41. The van der Waals surface area contributed by atoms with Gasteiger partial charge in [-0.2, -0.15) is 5.10 Å². The standard InChI is InChI=1S/C22H33N5O2/c1-17(20-7-5-6-12-27(20)21(28)29-22(2,3)4)24-13-18-8-10-19(11-9-18)14-26-16-23-15-25-26/h8-11,15-17,20,24H,5-7,12-14H2,1-4H3/t17-,20-/m0/s1. The summed E-state index contributed by atoms with van der Waals surface area (Å²) in [6, 6.07) is 8.87. The number of ether oxygens (including phenoxy) is 1. The quantitative estimate of drug-likeness (QED) is 0.804. The molecule has 1 N–H and O–H groups in total. The van der Waals surface area contributed by atoms with Crippen LogP contribution in [0.2, 0.25) is 0 Å². The minimum absolute atomic E-state index is 0.158. The Balaban J connectivity index is 1.54. The fourth-order valence-corrected chi connectivity index (χ4v) is 3.70. The number of nitrogens with zero attached hydrogens (tertiary/aromatic N) is 4. The van der Waals surface area contributed by atoms with Crippen LogP contribution in [0.3, 0.4) is 0 Å². The van der Waals surface area contributed by atoms with Crippen LogP contribution in [0.4, 0.5) is 4.79 Å². The van der Waals surface area contributed by atoms with E-state index >= 15 is 0 Å². The van der Waals surface area contributed by atoms with Gasteiger partial charge in [-0.05, 0) is 58.1 Å². The number of rotatable bonds is 6. The highest BCUT2D eigenvalue weighted by molar-refractivity contribution is 5.68. The lowest BCUT2D eigenvalue weighted by atomic mass is 9.96. The average molecular weight is 400 g/mol. The summed E-state index contributed by atoms with van der Waals surface area (Å²) >= 11 is 0. The average Bonchev–Trinajstić information content (AvgIpc) is 3.19. The van der Waals surface area contributed by atoms with Gasteiger partial charge >= 0.3 is 6.09 Å². The molecule has 158 valence electrons. The van der Waals surface area contributed by atoms with Gasteiger partial charge in [-0.3, -0.25) is 0 Å². The van der Waals surface area contributed by atoms with Gasteiger partial charge in [0.1, 0.15) is 18.3 Å². The first-order valence-corrected chi connectivity index (χ1v) is 10.4. The number of hydrogen-bond acceptors (Lipinski definition) is 5. The third kappa shape index (κ3) is 6.29. The molecule has 2 aromatic rings. The maximum Gasteiger partial charge on any atom is 0.410 e. The first kappa shape index (κ1) is 21.3. The Morgan fingerprint density at radius 1 is 1.24 bits per heavy atom. The zero-order valence-corrected chi connectivity index (χ0v) is 18.0. The van der Waals surface area contributed by atoms with Crippen molar-refractivity contribution in [3.05, 3.63) is 48.0 Å². The van der Waals surface area contributed by atoms with E-state index in [1.165, 1.54) is 11.1 Å². The van der Waals surface area contributed by atoms with Crippen LogP contribution < -0.4 is 5.32 Å². The molecule has 1 amide bonds. The van der Waals surface area contributed by atoms with Crippen LogP contribution in [0.15, 0.2) is 36.9 Å². The number of carbonyl (C=O) groups is 1. The first-order chi connectivity index (χ1) is 13.8. The van der Waals surface area contributed by atoms with Gasteiger partial charge in [0.05, 0.1) is 12.6 Å². The molecule has 1 aromatic heterocycles. The third-order valence-electron chi connectivity index (χ3n) is 5.22. The summed E-state index contributed by atoms with van der Waals surface area (Å²) in [5.74, 6) is 0. The molecule has 0 bridgehead atoms. The normalized spacial score (nSPS) is 18.5. The van der Waals surface area contributed by atoms with Crippen molar-refractivity contribution in [2.24, 2.45) is 0 Å². The molecule has 0 aliphatic carbocycles. The molecule has 1 aliphatic heterocycles. The molecule has 1 aliphatic rings. The van der Waals surface area contributed by atoms with Gasteiger partial charge in [-0.1, -0.05) is 24.3 Å². The molecule has 3 rings (SSSR count). The number of hydrogen-bond donors (Lipinski definition) is 1. The zero-order chi connectivity index (χ0) is 20.9. The highest BCUT2D eigenvalue weighted by Crippen LogP contribution is 2.23. The lowest BCUT2D eigenvalue weighted by Gasteiger charge is -2.40. The number of piperidine rings is 1. The minimum atomic E-state index is -0.469. The molecule has 1 aromatic carbocycles. The van der Waals surface area contributed by atoms with Gasteiger partial charge in [0, 0.05) is 19.1 Å². The van der Waals surface area contributed by atoms with Crippen LogP contribution >= 0.6 is 0 Å². The molecule has 0 unspecified atom stereocenters. The summed E-state index contributed by atoms with van der Waals surface area (Å²) in [6.45, 7) is 10.2. The van der Waals surface area contributed by atoms with E-state index in [4.69, 9.17) is 4.74 Å². The zero-order valence-electron chi connectivity index (χ0n) is 18.0. The van der Waals surface area contributed by atoms with E-state index in [1.807, 2.05) is 30.4 Å². The van der Waals surface area contributed by atoms with Crippen molar-refractivity contribution >= 4 is 6.09 Å². The molecule has 29 heavy (non-hydrogen) atoms. The van der Waals surface area contributed by atoms with E-state index in [9.17, 15) is 4.79 Å². The Morgan fingerprint density at radius 3 is 2.62 bits per heavy atom. The minimum Gasteiger partial charge on any atom is -0.444 e. The van der Waals surface area contributed by atoms with Gasteiger partial charge in [0.2, 0.25) is 0 Å². The molecular formula is C22H33N5O2. The molecule has 1 fully saturated rings. The Bertz CT molecular complexity index is 768. The van der Waals surface area contributed by atoms with Gasteiger partial charge < -0.3 is 15.0 Å². The van der Waals surface area contributed by atoms with E-state index in [1.54, 1.807) is 12.7 Å². The van der Waals surface area contributed by atoms with Gasteiger partial charge in [0.15, 0.2) is 0 Å². The molecule has 2 heterocycles. The van der Waals surface area contributed by atoms with Crippen LogP contribution in [-0.4, -0.2) is 50.0 Å². The summed E-state index contributed by atoms with van der Waals surface area (Å²) in [7, 11) is 0. The highest BCUT2D eigenvalue weighted by atomic mass is 16.6. The summed E-state index contributed by atoms with van der Waals surface area (Å²) in [5.41, 5.74) is 1.94. The molecule has 2 atom stereocenters. The van der Waals surface area contributed by atoms with E-state index in [0.717, 1.165) is 38.9 Å². The Labute approximate surface area is 173 Å². The number of carbonyl (C=O) groups excluding carboxylic acids is 1. The van der Waals surface area contributed by atoms with Crippen molar-refractivity contribution < 1.29 is 9.53 Å². The monoisotopic (exact) mass is 399 g/mol. The molecule has 0 radical (unpaired) electrons. The predicted octanol–water partition coefficient (Wildman–Crippen LogP) is 3.59. The van der Waals surface area contributed by atoms with Crippen molar-refractivity contribution in [3.8, 4) is 0 Å². The fraction of sp³-hybridized carbons (Fsp3) is 0.591.